The van der Waals surface area contributed by atoms with Crippen molar-refractivity contribution in [3.63, 3.8) is 0 Å². The van der Waals surface area contributed by atoms with E-state index in [2.05, 4.69) is 0 Å². The number of hydrogen-bond donors (Lipinski definition) is 1. The average Bonchev–Trinajstić information content (AvgIpc) is 2.29. The molecule has 1 heterocycles. The first kappa shape index (κ1) is 12.2. The van der Waals surface area contributed by atoms with Crippen LogP contribution in [0.25, 0.3) is 0 Å². The maximum absolute atomic E-state index is 12.5. The summed E-state index contributed by atoms with van der Waals surface area (Å²) in [4.78, 5) is 0.572. The van der Waals surface area contributed by atoms with Crippen LogP contribution in [-0.2, 0) is 0 Å². The lowest BCUT2D eigenvalue weighted by atomic mass is 9.88. The van der Waals surface area contributed by atoms with Gasteiger partial charge in [0, 0.05) is 18.8 Å². The summed E-state index contributed by atoms with van der Waals surface area (Å²) in [5, 5.41) is 0. The van der Waals surface area contributed by atoms with Crippen molar-refractivity contribution < 1.29 is 13.2 Å². The Kier molecular flexibility index (Phi) is 3.28. The van der Waals surface area contributed by atoms with E-state index in [4.69, 9.17) is 5.73 Å². The molecule has 94 valence electrons. The number of nitrogens with two attached hydrogens (primary N) is 1. The van der Waals surface area contributed by atoms with E-state index in [0.717, 1.165) is 5.56 Å². The van der Waals surface area contributed by atoms with Crippen LogP contribution >= 0.6 is 0 Å². The monoisotopic (exact) mass is 244 g/mol. The molecule has 1 aromatic carbocycles. The number of alkyl halides is 3. The lowest BCUT2D eigenvalue weighted by Gasteiger charge is -2.33. The lowest BCUT2D eigenvalue weighted by molar-refractivity contribution is -0.250. The lowest BCUT2D eigenvalue weighted by Crippen LogP contribution is -2.43. The van der Waals surface area contributed by atoms with E-state index in [9.17, 15) is 13.2 Å². The predicted octanol–water partition coefficient (Wildman–Crippen LogP) is 2.97. The molecule has 1 saturated heterocycles. The number of likely N-dealkylation sites (tertiary alicyclic amines) is 1. The van der Waals surface area contributed by atoms with Crippen LogP contribution in [0, 0.1) is 0 Å². The van der Waals surface area contributed by atoms with Gasteiger partial charge in [-0.25, -0.2) is 4.90 Å². The van der Waals surface area contributed by atoms with Crippen LogP contribution in [0.3, 0.4) is 0 Å². The molecule has 0 atom stereocenters. The third kappa shape index (κ3) is 2.72. The molecule has 0 radical (unpaired) electrons. The minimum atomic E-state index is -4.20. The van der Waals surface area contributed by atoms with Crippen LogP contribution in [0.1, 0.15) is 24.3 Å². The maximum atomic E-state index is 12.5. The minimum Gasteiger partial charge on any atom is -0.398 e. The zero-order chi connectivity index (χ0) is 12.5. The van der Waals surface area contributed by atoms with Gasteiger partial charge in [-0.05, 0) is 30.4 Å². The number of para-hydroxylation sites is 1. The van der Waals surface area contributed by atoms with Gasteiger partial charge in [-0.15, -0.1) is 0 Å². The van der Waals surface area contributed by atoms with Gasteiger partial charge >= 0.3 is 6.30 Å². The quantitative estimate of drug-likeness (QED) is 0.608. The Labute approximate surface area is 98.2 Å². The van der Waals surface area contributed by atoms with Gasteiger partial charge in [0.2, 0.25) is 0 Å². The number of nitrogens with zero attached hydrogens (tertiary/aromatic N) is 1. The largest absolute Gasteiger partial charge is 0.459 e. The minimum absolute atomic E-state index is 0.0580. The number of piperidine rings is 1. The molecule has 0 saturated carbocycles. The topological polar surface area (TPSA) is 29.3 Å². The summed E-state index contributed by atoms with van der Waals surface area (Å²) in [5.74, 6) is 0.148. The molecule has 0 aromatic heterocycles. The van der Waals surface area contributed by atoms with Crippen LogP contribution in [0.15, 0.2) is 24.3 Å². The molecular weight excluding hydrogens is 229 g/mol. The third-order valence-corrected chi connectivity index (χ3v) is 3.29. The van der Waals surface area contributed by atoms with Gasteiger partial charge in [-0.2, -0.15) is 13.2 Å². The second kappa shape index (κ2) is 4.56. The van der Waals surface area contributed by atoms with Crippen molar-refractivity contribution in [3.8, 4) is 0 Å². The molecule has 0 amide bonds. The number of anilines is 1. The Bertz CT molecular complexity index is 382. The smallest absolute Gasteiger partial charge is 0.398 e. The van der Waals surface area contributed by atoms with Crippen molar-refractivity contribution >= 4 is 5.69 Å². The van der Waals surface area contributed by atoms with Crippen molar-refractivity contribution in [1.29, 1.82) is 0 Å². The van der Waals surface area contributed by atoms with E-state index in [1.54, 1.807) is 6.07 Å². The van der Waals surface area contributed by atoms with Crippen LogP contribution in [0.2, 0.25) is 0 Å². The zero-order valence-corrected chi connectivity index (χ0v) is 9.37. The number of nitrogen functional groups attached to an aromatic ring is 1. The maximum Gasteiger partial charge on any atom is 0.459 e. The molecule has 1 fully saturated rings. The number of benzene rings is 1. The molecule has 5 heteroatoms. The van der Waals surface area contributed by atoms with E-state index in [1.807, 2.05) is 18.2 Å². The molecule has 0 aliphatic carbocycles. The molecule has 1 aliphatic heterocycles. The van der Waals surface area contributed by atoms with Gasteiger partial charge in [-0.1, -0.05) is 18.2 Å². The standard InChI is InChI=1S/C12H15F3N2/c13-12(14,15)17-7-5-9(6-8-17)10-3-1-2-4-11(10)16/h1-4,9H,5-8,16H2. The summed E-state index contributed by atoms with van der Waals surface area (Å²) in [6.07, 6.45) is -3.19. The van der Waals surface area contributed by atoms with Gasteiger partial charge in [0.05, 0.1) is 0 Å². The van der Waals surface area contributed by atoms with Crippen molar-refractivity contribution in [2.24, 2.45) is 0 Å². The molecule has 17 heavy (non-hydrogen) atoms. The molecular formula is C12H15F3N2. The molecule has 1 aliphatic rings. The summed E-state index contributed by atoms with van der Waals surface area (Å²) in [7, 11) is 0. The fourth-order valence-electron chi connectivity index (χ4n) is 2.33. The van der Waals surface area contributed by atoms with Gasteiger partial charge in [0.1, 0.15) is 0 Å². The first-order chi connectivity index (χ1) is 7.98. The first-order valence-electron chi connectivity index (χ1n) is 5.64. The summed E-state index contributed by atoms with van der Waals surface area (Å²) in [6, 6.07) is 7.42. The highest BCUT2D eigenvalue weighted by atomic mass is 19.4. The van der Waals surface area contributed by atoms with E-state index in [-0.39, 0.29) is 19.0 Å². The zero-order valence-electron chi connectivity index (χ0n) is 9.37. The van der Waals surface area contributed by atoms with Crippen molar-refractivity contribution in [3.05, 3.63) is 29.8 Å². The molecule has 2 N–H and O–H groups in total. The number of hydrogen-bond acceptors (Lipinski definition) is 2. The summed E-state index contributed by atoms with van der Waals surface area (Å²) >= 11 is 0. The summed E-state index contributed by atoms with van der Waals surface area (Å²) < 4.78 is 37.4. The Hall–Kier alpha value is -1.23. The highest BCUT2D eigenvalue weighted by Gasteiger charge is 2.39. The van der Waals surface area contributed by atoms with Crippen LogP contribution in [0.4, 0.5) is 18.9 Å². The first-order valence-corrected chi connectivity index (χ1v) is 5.64. The predicted molar refractivity (Wildman–Crippen MR) is 60.5 cm³/mol. The molecule has 1 aromatic rings. The average molecular weight is 244 g/mol. The number of halogens is 3. The molecule has 2 rings (SSSR count). The van der Waals surface area contributed by atoms with Gasteiger partial charge in [-0.3, -0.25) is 0 Å². The molecule has 0 unspecified atom stereocenters. The molecule has 0 spiro atoms. The highest BCUT2D eigenvalue weighted by Crippen LogP contribution is 2.34. The van der Waals surface area contributed by atoms with Crippen LogP contribution in [0.5, 0.6) is 0 Å². The fourth-order valence-corrected chi connectivity index (χ4v) is 2.33. The van der Waals surface area contributed by atoms with Crippen molar-refractivity contribution in [2.45, 2.75) is 25.1 Å². The SMILES string of the molecule is Nc1ccccc1C1CCN(C(F)(F)F)CC1. The van der Waals surface area contributed by atoms with E-state index in [1.165, 1.54) is 0 Å². The Balaban J connectivity index is 2.03. The van der Waals surface area contributed by atoms with E-state index in [0.29, 0.717) is 23.4 Å². The van der Waals surface area contributed by atoms with Crippen molar-refractivity contribution in [2.75, 3.05) is 18.8 Å². The summed E-state index contributed by atoms with van der Waals surface area (Å²) in [6.45, 7) is 0.116. The fraction of sp³-hybridized carbons (Fsp3) is 0.500. The Morgan fingerprint density at radius 2 is 1.71 bits per heavy atom. The van der Waals surface area contributed by atoms with Gasteiger partial charge in [0.15, 0.2) is 0 Å². The van der Waals surface area contributed by atoms with E-state index >= 15 is 0 Å². The highest BCUT2D eigenvalue weighted by molar-refractivity contribution is 5.48. The number of rotatable bonds is 1. The van der Waals surface area contributed by atoms with Gasteiger partial charge < -0.3 is 5.73 Å². The van der Waals surface area contributed by atoms with E-state index < -0.39 is 6.30 Å². The van der Waals surface area contributed by atoms with Crippen LogP contribution in [-0.4, -0.2) is 24.3 Å². The normalized spacial score (nSPS) is 19.5. The molecule has 0 bridgehead atoms. The van der Waals surface area contributed by atoms with Crippen LogP contribution < -0.4 is 5.73 Å². The second-order valence-electron chi connectivity index (χ2n) is 4.36. The third-order valence-electron chi connectivity index (χ3n) is 3.29. The Morgan fingerprint density at radius 3 is 2.24 bits per heavy atom. The second-order valence-corrected chi connectivity index (χ2v) is 4.36. The Morgan fingerprint density at radius 1 is 1.12 bits per heavy atom. The molecule has 2 nitrogen and oxygen atoms in total. The summed E-state index contributed by atoms with van der Waals surface area (Å²) in [5.41, 5.74) is 7.50. The van der Waals surface area contributed by atoms with Crippen molar-refractivity contribution in [1.82, 2.24) is 4.90 Å². The van der Waals surface area contributed by atoms with Gasteiger partial charge in [0.25, 0.3) is 0 Å².